The van der Waals surface area contributed by atoms with E-state index in [1.54, 1.807) is 16.8 Å². The van der Waals surface area contributed by atoms with E-state index in [1.165, 1.54) is 50.5 Å². The van der Waals surface area contributed by atoms with Gasteiger partial charge in [0, 0.05) is 6.07 Å². The molecule has 0 saturated heterocycles. The lowest BCUT2D eigenvalue weighted by Gasteiger charge is -2.13. The van der Waals surface area contributed by atoms with Crippen LogP contribution in [-0.2, 0) is 6.42 Å². The topological polar surface area (TPSA) is 87.5 Å². The molecule has 6 nitrogen and oxygen atoms in total. The Morgan fingerprint density at radius 1 is 0.829 bits per heavy atom. The highest BCUT2D eigenvalue weighted by Gasteiger charge is 2.17. The molecule has 0 bridgehead atoms. The number of rotatable bonds is 11. The second kappa shape index (κ2) is 11.8. The van der Waals surface area contributed by atoms with Gasteiger partial charge < -0.3 is 4.74 Å². The predicted octanol–water partition coefficient (Wildman–Crippen LogP) is 7.25. The summed E-state index contributed by atoms with van der Waals surface area (Å²) in [5, 5.41) is 27.6. The molecule has 176 valence electrons. The van der Waals surface area contributed by atoms with Crippen LogP contribution in [0, 0.1) is 22.7 Å². The van der Waals surface area contributed by atoms with Crippen molar-refractivity contribution in [3.63, 3.8) is 0 Å². The van der Waals surface area contributed by atoms with Crippen LogP contribution in [0.4, 0.5) is 0 Å². The van der Waals surface area contributed by atoms with E-state index in [2.05, 4.69) is 41.5 Å². The second-order valence-corrected chi connectivity index (χ2v) is 8.70. The largest absolute Gasteiger partial charge is 0.455 e. The molecule has 0 aliphatic carbocycles. The van der Waals surface area contributed by atoms with Crippen LogP contribution in [0.2, 0.25) is 0 Å². The first-order valence-corrected chi connectivity index (χ1v) is 12.3. The number of benzene rings is 3. The molecular formula is C29H29N5O. The fourth-order valence-electron chi connectivity index (χ4n) is 4.18. The monoisotopic (exact) mass is 463 g/mol. The van der Waals surface area contributed by atoms with Gasteiger partial charge in [-0.05, 0) is 48.7 Å². The molecule has 0 aliphatic heterocycles. The van der Waals surface area contributed by atoms with Gasteiger partial charge in [-0.25, -0.2) is 4.68 Å². The lowest BCUT2D eigenvalue weighted by Crippen LogP contribution is -2.02. The van der Waals surface area contributed by atoms with Gasteiger partial charge in [0.2, 0.25) is 0 Å². The highest BCUT2D eigenvalue weighted by Crippen LogP contribution is 2.32. The molecule has 1 heterocycles. The van der Waals surface area contributed by atoms with Crippen LogP contribution < -0.4 is 4.74 Å². The van der Waals surface area contributed by atoms with Crippen molar-refractivity contribution in [1.29, 1.82) is 10.5 Å². The van der Waals surface area contributed by atoms with Crippen molar-refractivity contribution in [2.75, 3.05) is 0 Å². The summed E-state index contributed by atoms with van der Waals surface area (Å²) in [4.78, 5) is 0. The van der Waals surface area contributed by atoms with E-state index in [-0.39, 0.29) is 11.1 Å². The van der Waals surface area contributed by atoms with Gasteiger partial charge >= 0.3 is 0 Å². The number of aryl methyl sites for hydroxylation is 1. The second-order valence-electron chi connectivity index (χ2n) is 8.70. The first kappa shape index (κ1) is 24.0. The Kier molecular flexibility index (Phi) is 8.09. The average Bonchev–Trinajstić information content (AvgIpc) is 3.33. The van der Waals surface area contributed by atoms with Crippen LogP contribution in [0.3, 0.4) is 0 Å². The smallest absolute Gasteiger partial charge is 0.154 e. The van der Waals surface area contributed by atoms with Crippen LogP contribution in [0.1, 0.15) is 68.6 Å². The molecular weight excluding hydrogens is 434 g/mol. The van der Waals surface area contributed by atoms with E-state index < -0.39 is 0 Å². The highest BCUT2D eigenvalue weighted by atomic mass is 16.5. The lowest BCUT2D eigenvalue weighted by atomic mass is 10.0. The molecule has 0 radical (unpaired) electrons. The van der Waals surface area contributed by atoms with Gasteiger partial charge in [0.1, 0.15) is 29.1 Å². The Labute approximate surface area is 206 Å². The van der Waals surface area contributed by atoms with Crippen molar-refractivity contribution in [3.8, 4) is 29.3 Å². The van der Waals surface area contributed by atoms with E-state index >= 15 is 0 Å². The van der Waals surface area contributed by atoms with Crippen LogP contribution in [0.15, 0.2) is 60.7 Å². The van der Waals surface area contributed by atoms with Crippen LogP contribution in [0.25, 0.3) is 16.7 Å². The van der Waals surface area contributed by atoms with Gasteiger partial charge in [-0.2, -0.15) is 10.5 Å². The molecule has 1 aromatic heterocycles. The maximum atomic E-state index is 9.55. The van der Waals surface area contributed by atoms with Gasteiger partial charge in [-0.15, -0.1) is 5.10 Å². The minimum absolute atomic E-state index is 0.256. The summed E-state index contributed by atoms with van der Waals surface area (Å²) in [5.74, 6) is 1.10. The zero-order valence-corrected chi connectivity index (χ0v) is 20.1. The Morgan fingerprint density at radius 3 is 2.26 bits per heavy atom. The van der Waals surface area contributed by atoms with Crippen molar-refractivity contribution in [3.05, 3.63) is 77.4 Å². The van der Waals surface area contributed by atoms with E-state index in [1.807, 2.05) is 36.4 Å². The maximum Gasteiger partial charge on any atom is 0.154 e. The summed E-state index contributed by atoms with van der Waals surface area (Å²) in [5.41, 5.74) is 3.88. The van der Waals surface area contributed by atoms with Gasteiger partial charge in [0.25, 0.3) is 0 Å². The van der Waals surface area contributed by atoms with E-state index in [0.717, 1.165) is 17.5 Å². The first-order valence-electron chi connectivity index (χ1n) is 12.3. The average molecular weight is 464 g/mol. The molecule has 0 amide bonds. The number of unbranched alkanes of at least 4 members (excludes halogenated alkanes) is 6. The summed E-state index contributed by atoms with van der Waals surface area (Å²) in [7, 11) is 0. The number of para-hydroxylation sites is 1. The molecule has 0 atom stereocenters. The zero-order chi connectivity index (χ0) is 24.5. The molecule has 6 heteroatoms. The first-order chi connectivity index (χ1) is 17.2. The van der Waals surface area contributed by atoms with Crippen molar-refractivity contribution >= 4 is 11.0 Å². The fourth-order valence-corrected chi connectivity index (χ4v) is 4.18. The van der Waals surface area contributed by atoms with E-state index in [0.29, 0.717) is 17.2 Å². The van der Waals surface area contributed by atoms with Crippen molar-refractivity contribution in [1.82, 2.24) is 15.0 Å². The number of aromatic nitrogens is 3. The fraction of sp³-hybridized carbons (Fsp3) is 0.310. The number of nitriles is 2. The summed E-state index contributed by atoms with van der Waals surface area (Å²) in [6.07, 6.45) is 10.1. The summed E-state index contributed by atoms with van der Waals surface area (Å²) in [6, 6.07) is 23.1. The van der Waals surface area contributed by atoms with Crippen LogP contribution in [0.5, 0.6) is 11.5 Å². The molecule has 35 heavy (non-hydrogen) atoms. The summed E-state index contributed by atoms with van der Waals surface area (Å²) >= 11 is 0. The van der Waals surface area contributed by atoms with Crippen LogP contribution in [-0.4, -0.2) is 15.0 Å². The SMILES string of the molecule is CCCCCCCCCc1ccc(Oc2cc(C#N)c(C#N)cc2-n2nnc3ccccc32)cc1. The van der Waals surface area contributed by atoms with Crippen LogP contribution >= 0.6 is 0 Å². The Hall–Kier alpha value is -4.16. The minimum atomic E-state index is 0.256. The van der Waals surface area contributed by atoms with Crippen molar-refractivity contribution in [2.24, 2.45) is 0 Å². The number of hydrogen-bond donors (Lipinski definition) is 0. The molecule has 4 aromatic rings. The number of hydrogen-bond acceptors (Lipinski definition) is 5. The predicted molar refractivity (Wildman–Crippen MR) is 137 cm³/mol. The quantitative estimate of drug-likeness (QED) is 0.219. The molecule has 0 unspecified atom stereocenters. The standard InChI is InChI=1S/C29H29N5O/c1-2-3-4-5-6-7-8-11-22-14-16-25(17-15-22)35-29-19-24(21-31)23(20-30)18-28(29)34-27-13-10-9-12-26(27)32-33-34/h9-10,12-19H,2-8,11H2,1H3. The van der Waals surface area contributed by atoms with Crippen molar-refractivity contribution in [2.45, 2.75) is 58.3 Å². The van der Waals surface area contributed by atoms with Gasteiger partial charge in [-0.1, -0.05) is 74.9 Å². The maximum absolute atomic E-state index is 9.55. The van der Waals surface area contributed by atoms with Gasteiger partial charge in [0.05, 0.1) is 16.6 Å². The Morgan fingerprint density at radius 2 is 1.51 bits per heavy atom. The summed E-state index contributed by atoms with van der Waals surface area (Å²) in [6.45, 7) is 2.24. The summed E-state index contributed by atoms with van der Waals surface area (Å²) < 4.78 is 7.85. The molecule has 0 aliphatic rings. The number of ether oxygens (including phenoxy) is 1. The molecule has 4 rings (SSSR count). The van der Waals surface area contributed by atoms with Gasteiger partial charge in [-0.3, -0.25) is 0 Å². The Balaban J connectivity index is 1.52. The highest BCUT2D eigenvalue weighted by molar-refractivity contribution is 5.77. The third kappa shape index (κ3) is 5.86. The molecule has 0 spiro atoms. The molecule has 0 fully saturated rings. The van der Waals surface area contributed by atoms with Crippen molar-refractivity contribution < 1.29 is 4.74 Å². The molecule has 3 aromatic carbocycles. The third-order valence-electron chi connectivity index (χ3n) is 6.14. The van der Waals surface area contributed by atoms with Gasteiger partial charge in [0.15, 0.2) is 5.75 Å². The van der Waals surface area contributed by atoms with E-state index in [9.17, 15) is 10.5 Å². The number of nitrogens with zero attached hydrogens (tertiary/aromatic N) is 5. The minimum Gasteiger partial charge on any atom is -0.455 e. The normalized spacial score (nSPS) is 10.7. The van der Waals surface area contributed by atoms with E-state index in [4.69, 9.17) is 4.74 Å². The lowest BCUT2D eigenvalue weighted by molar-refractivity contribution is 0.477. The molecule has 0 N–H and O–H groups in total. The number of fused-ring (bicyclic) bond motifs is 1. The zero-order valence-electron chi connectivity index (χ0n) is 20.1. The molecule has 0 saturated carbocycles. The third-order valence-corrected chi connectivity index (χ3v) is 6.14. The Bertz CT molecular complexity index is 1360.